The Balaban J connectivity index is 3.32. The number of hydrogen-bond donors (Lipinski definition) is 0. The van der Waals surface area contributed by atoms with E-state index < -0.39 is 0 Å². The summed E-state index contributed by atoms with van der Waals surface area (Å²) in [6.07, 6.45) is 4.91. The average Bonchev–Trinajstić information content (AvgIpc) is 1.87. The van der Waals surface area contributed by atoms with Crippen LogP contribution in [0.5, 0.6) is 0 Å². The van der Waals surface area contributed by atoms with Gasteiger partial charge < -0.3 is 6.42 Å². The lowest BCUT2D eigenvalue weighted by Gasteiger charge is -2.26. The Hall–Kier alpha value is 0. The van der Waals surface area contributed by atoms with Gasteiger partial charge in [-0.05, 0) is 0 Å². The lowest BCUT2D eigenvalue weighted by atomic mass is 9.90. The smallest absolute Gasteiger partial charge is 0.0558 e. The quantitative estimate of drug-likeness (QED) is 0.508. The molecule has 56 valence electrons. The molecule has 0 aromatic heterocycles. The molecule has 2 atom stereocenters. The van der Waals surface area contributed by atoms with Crippen LogP contribution in [0, 0.1) is 18.3 Å². The normalized spacial score (nSPS) is 17.3. The molecule has 0 aromatic carbocycles. The third-order valence-corrected chi connectivity index (χ3v) is 2.15. The maximum atomic E-state index is 2.40. The van der Waals surface area contributed by atoms with Gasteiger partial charge in [-0.15, -0.1) is 0 Å². The van der Waals surface area contributed by atoms with Gasteiger partial charge in [-0.3, -0.25) is 0 Å². The molecule has 2 unspecified atom stereocenters. The Morgan fingerprint density at radius 2 is 1.78 bits per heavy atom. The zero-order valence-corrected chi connectivity index (χ0v) is 7.15. The van der Waals surface area contributed by atoms with Crippen LogP contribution in [0.2, 0.25) is 0 Å². The molecule has 0 aliphatic rings. The van der Waals surface area contributed by atoms with Gasteiger partial charge in [0, 0.05) is 0 Å². The fourth-order valence-corrected chi connectivity index (χ4v) is 0.976. The van der Waals surface area contributed by atoms with E-state index in [2.05, 4.69) is 34.1 Å². The number of rotatable bonds is 4. The maximum Gasteiger partial charge on any atom is -0.0558 e. The first-order chi connectivity index (χ1) is 4.22. The highest BCUT2D eigenvalue weighted by atomic mass is 14.1. The van der Waals surface area contributed by atoms with E-state index in [-0.39, 0.29) is 0 Å². The lowest BCUT2D eigenvalue weighted by Crippen LogP contribution is -2.06. The molecule has 0 saturated carbocycles. The first-order valence-electron chi connectivity index (χ1n) is 4.05. The van der Waals surface area contributed by atoms with Crippen LogP contribution in [-0.2, 0) is 0 Å². The molecule has 0 radical (unpaired) electrons. The summed E-state index contributed by atoms with van der Waals surface area (Å²) in [6.45, 7) is 9.08. The van der Waals surface area contributed by atoms with Crippen LogP contribution >= 0.6 is 0 Å². The van der Waals surface area contributed by atoms with Gasteiger partial charge >= 0.3 is 0 Å². The molecule has 0 heterocycles. The van der Waals surface area contributed by atoms with E-state index in [1.807, 2.05) is 0 Å². The topological polar surface area (TPSA) is 0 Å². The van der Waals surface area contributed by atoms with Crippen LogP contribution in [0.3, 0.4) is 0 Å². The molecule has 0 nitrogen and oxygen atoms in total. The van der Waals surface area contributed by atoms with Crippen molar-refractivity contribution in [1.29, 1.82) is 0 Å². The van der Waals surface area contributed by atoms with Crippen LogP contribution in [0.4, 0.5) is 0 Å². The monoisotopic (exact) mass is 127 g/mol. The summed E-state index contributed by atoms with van der Waals surface area (Å²) >= 11 is 0. The highest BCUT2D eigenvalue weighted by molar-refractivity contribution is 4.74. The summed E-state index contributed by atoms with van der Waals surface area (Å²) in [5.74, 6) is 1.67. The molecule has 0 spiro atoms. The van der Waals surface area contributed by atoms with Crippen LogP contribution in [0.25, 0.3) is 0 Å². The van der Waals surface area contributed by atoms with Crippen molar-refractivity contribution in [3.63, 3.8) is 0 Å². The Labute approximate surface area is 59.7 Å². The minimum atomic E-state index is 0.806. The van der Waals surface area contributed by atoms with Gasteiger partial charge in [-0.2, -0.15) is 12.3 Å². The molecule has 0 N–H and O–H groups in total. The van der Waals surface area contributed by atoms with Crippen LogP contribution < -0.4 is 0 Å². The molecule has 0 rings (SSSR count). The van der Waals surface area contributed by atoms with Crippen molar-refractivity contribution < 1.29 is 0 Å². The zero-order chi connectivity index (χ0) is 7.28. The molecule has 0 aliphatic carbocycles. The fraction of sp³-hybridized carbons (Fsp3) is 0.889. The average molecular weight is 127 g/mol. The predicted molar refractivity (Wildman–Crippen MR) is 43.2 cm³/mol. The summed E-state index contributed by atoms with van der Waals surface area (Å²) in [4.78, 5) is 0. The second kappa shape index (κ2) is 4.84. The first-order valence-corrected chi connectivity index (χ1v) is 4.05. The van der Waals surface area contributed by atoms with Gasteiger partial charge in [0.05, 0.1) is 0 Å². The molecule has 0 bridgehead atoms. The van der Waals surface area contributed by atoms with Gasteiger partial charge in [0.25, 0.3) is 0 Å². The second-order valence-corrected chi connectivity index (χ2v) is 2.89. The van der Waals surface area contributed by atoms with E-state index >= 15 is 0 Å². The summed E-state index contributed by atoms with van der Waals surface area (Å²) < 4.78 is 0. The van der Waals surface area contributed by atoms with Gasteiger partial charge in [0.1, 0.15) is 0 Å². The standard InChI is InChI=1S/C9H19/c1-5-7-9(4)8(3)6-2/h7-9H,5-6H2,1-4H3/q-1. The van der Waals surface area contributed by atoms with Crippen molar-refractivity contribution in [3.05, 3.63) is 6.42 Å². The van der Waals surface area contributed by atoms with Crippen LogP contribution in [-0.4, -0.2) is 0 Å². The van der Waals surface area contributed by atoms with Crippen molar-refractivity contribution in [2.45, 2.75) is 40.5 Å². The summed E-state index contributed by atoms with van der Waals surface area (Å²) in [5.41, 5.74) is 0. The summed E-state index contributed by atoms with van der Waals surface area (Å²) in [5, 5.41) is 0. The fourth-order valence-electron chi connectivity index (χ4n) is 0.976. The first kappa shape index (κ1) is 9.00. The van der Waals surface area contributed by atoms with Crippen molar-refractivity contribution in [3.8, 4) is 0 Å². The van der Waals surface area contributed by atoms with Crippen molar-refractivity contribution in [1.82, 2.24) is 0 Å². The summed E-state index contributed by atoms with van der Waals surface area (Å²) in [6, 6.07) is 0. The second-order valence-electron chi connectivity index (χ2n) is 2.89. The molecule has 9 heavy (non-hydrogen) atoms. The van der Waals surface area contributed by atoms with Gasteiger partial charge in [-0.1, -0.05) is 40.0 Å². The van der Waals surface area contributed by atoms with Crippen LogP contribution in [0.15, 0.2) is 0 Å². The van der Waals surface area contributed by atoms with E-state index in [0.29, 0.717) is 0 Å². The van der Waals surface area contributed by atoms with Crippen LogP contribution in [0.1, 0.15) is 40.5 Å². The molecule has 0 aliphatic heterocycles. The molecule has 0 fully saturated rings. The largest absolute Gasteiger partial charge is 0.326 e. The molecule has 0 amide bonds. The Morgan fingerprint density at radius 3 is 2.11 bits per heavy atom. The Kier molecular flexibility index (Phi) is 4.84. The molecular formula is C9H19-. The predicted octanol–water partition coefficient (Wildman–Crippen LogP) is 3.28. The van der Waals surface area contributed by atoms with Gasteiger partial charge in [-0.25, -0.2) is 0 Å². The van der Waals surface area contributed by atoms with E-state index in [1.165, 1.54) is 12.8 Å². The van der Waals surface area contributed by atoms with Gasteiger partial charge in [0.15, 0.2) is 0 Å². The van der Waals surface area contributed by atoms with E-state index in [4.69, 9.17) is 0 Å². The lowest BCUT2D eigenvalue weighted by molar-refractivity contribution is 0.415. The highest BCUT2D eigenvalue weighted by Crippen LogP contribution is 2.17. The minimum Gasteiger partial charge on any atom is -0.326 e. The molecular weight excluding hydrogens is 108 g/mol. The molecule has 0 heteroatoms. The highest BCUT2D eigenvalue weighted by Gasteiger charge is 1.99. The SMILES string of the molecule is CC[CH-]C(C)C(C)CC. The maximum absolute atomic E-state index is 2.40. The molecule has 0 saturated heterocycles. The zero-order valence-electron chi connectivity index (χ0n) is 7.15. The van der Waals surface area contributed by atoms with E-state index in [0.717, 1.165) is 11.8 Å². The van der Waals surface area contributed by atoms with E-state index in [9.17, 15) is 0 Å². The third-order valence-electron chi connectivity index (χ3n) is 2.15. The minimum absolute atomic E-state index is 0.806. The third kappa shape index (κ3) is 3.56. The van der Waals surface area contributed by atoms with Crippen molar-refractivity contribution in [2.24, 2.45) is 11.8 Å². The van der Waals surface area contributed by atoms with Gasteiger partial charge in [0.2, 0.25) is 0 Å². The molecule has 0 aromatic rings. The van der Waals surface area contributed by atoms with Crippen molar-refractivity contribution >= 4 is 0 Å². The van der Waals surface area contributed by atoms with Crippen molar-refractivity contribution in [2.75, 3.05) is 0 Å². The Morgan fingerprint density at radius 1 is 1.22 bits per heavy atom. The number of hydrogen-bond acceptors (Lipinski definition) is 0. The summed E-state index contributed by atoms with van der Waals surface area (Å²) in [7, 11) is 0. The Bertz CT molecular complexity index is 57.1. The van der Waals surface area contributed by atoms with E-state index in [1.54, 1.807) is 0 Å².